The molecule has 46 heavy (non-hydrogen) atoms. The average molecular weight is 592 g/mol. The maximum absolute atomic E-state index is 6.23. The fraction of sp³-hybridized carbons (Fsp3) is 0. The molecule has 0 aliphatic rings. The minimum atomic E-state index is 0.589. The summed E-state index contributed by atoms with van der Waals surface area (Å²) in [5, 5.41) is 2.27. The predicted molar refractivity (Wildman–Crippen MR) is 183 cm³/mol. The number of hydrogen-bond acceptors (Lipinski definition) is 5. The first-order valence-electron chi connectivity index (χ1n) is 15.1. The molecule has 0 aliphatic carbocycles. The molecule has 0 saturated heterocycles. The molecule has 0 atom stereocenters. The Morgan fingerprint density at radius 1 is 0.522 bits per heavy atom. The van der Waals surface area contributed by atoms with E-state index in [2.05, 4.69) is 86.2 Å². The van der Waals surface area contributed by atoms with Crippen molar-refractivity contribution in [3.8, 4) is 50.7 Å². The molecule has 5 heterocycles. The highest BCUT2D eigenvalue weighted by molar-refractivity contribution is 6.12. The van der Waals surface area contributed by atoms with Crippen molar-refractivity contribution in [1.29, 1.82) is 0 Å². The lowest BCUT2D eigenvalue weighted by Crippen LogP contribution is -1.99. The second-order valence-electron chi connectivity index (χ2n) is 11.2. The van der Waals surface area contributed by atoms with E-state index >= 15 is 0 Å². The van der Waals surface area contributed by atoms with Crippen LogP contribution in [-0.4, -0.2) is 24.5 Å². The number of oxazole rings is 1. The van der Waals surface area contributed by atoms with Crippen molar-refractivity contribution in [2.75, 3.05) is 0 Å². The van der Waals surface area contributed by atoms with E-state index in [9.17, 15) is 0 Å². The van der Waals surface area contributed by atoms with Crippen LogP contribution in [0.3, 0.4) is 0 Å². The van der Waals surface area contributed by atoms with Crippen molar-refractivity contribution in [1.82, 2.24) is 24.5 Å². The molecule has 0 amide bonds. The minimum absolute atomic E-state index is 0.589. The number of rotatable bonds is 5. The zero-order valence-electron chi connectivity index (χ0n) is 24.6. The van der Waals surface area contributed by atoms with Crippen LogP contribution in [0, 0.1) is 0 Å². The predicted octanol–water partition coefficient (Wildman–Crippen LogP) is 9.78. The first-order valence-corrected chi connectivity index (χ1v) is 15.1. The minimum Gasteiger partial charge on any atom is -0.436 e. The summed E-state index contributed by atoms with van der Waals surface area (Å²) in [6, 6.07) is 41.6. The molecule has 0 aliphatic heterocycles. The number of nitrogens with zero attached hydrogens (tertiary/aromatic N) is 5. The Kier molecular flexibility index (Phi) is 6.03. The highest BCUT2D eigenvalue weighted by Gasteiger charge is 2.19. The molecule has 6 nitrogen and oxygen atoms in total. The quantitative estimate of drug-likeness (QED) is 0.199. The highest BCUT2D eigenvalue weighted by Crippen LogP contribution is 2.40. The first-order chi connectivity index (χ1) is 22.8. The fourth-order valence-corrected chi connectivity index (χ4v) is 6.30. The molecule has 5 aromatic heterocycles. The third kappa shape index (κ3) is 4.35. The van der Waals surface area contributed by atoms with Gasteiger partial charge in [-0.2, -0.15) is 0 Å². The topological polar surface area (TPSA) is 69.6 Å². The van der Waals surface area contributed by atoms with Gasteiger partial charge in [0.2, 0.25) is 5.89 Å². The molecule has 0 N–H and O–H groups in total. The Labute approximate surface area is 264 Å². The molecule has 6 heteroatoms. The van der Waals surface area contributed by atoms with Crippen LogP contribution < -0.4 is 0 Å². The SMILES string of the molecule is c1ccc(-c2ccc(-c3cccnc3)c(-n3c4ccc(-c5cccnc5)cc4c4ccc(-c5nc6ccccc6o5)cc43)c2)nc1. The summed E-state index contributed by atoms with van der Waals surface area (Å²) in [7, 11) is 0. The molecule has 9 aromatic rings. The van der Waals surface area contributed by atoms with Gasteiger partial charge in [-0.25, -0.2) is 4.98 Å². The van der Waals surface area contributed by atoms with Gasteiger partial charge in [0, 0.05) is 69.6 Å². The molecule has 0 spiro atoms. The summed E-state index contributed by atoms with van der Waals surface area (Å²) in [6.45, 7) is 0. The molecule has 0 unspecified atom stereocenters. The van der Waals surface area contributed by atoms with Crippen LogP contribution in [0.4, 0.5) is 0 Å². The zero-order chi connectivity index (χ0) is 30.5. The van der Waals surface area contributed by atoms with Crippen molar-refractivity contribution in [2.45, 2.75) is 0 Å². The zero-order valence-corrected chi connectivity index (χ0v) is 24.6. The summed E-state index contributed by atoms with van der Waals surface area (Å²) >= 11 is 0. The van der Waals surface area contributed by atoms with E-state index in [1.807, 2.05) is 73.2 Å². The van der Waals surface area contributed by atoms with Gasteiger partial charge in [0.05, 0.1) is 22.4 Å². The van der Waals surface area contributed by atoms with E-state index in [-0.39, 0.29) is 0 Å². The van der Waals surface area contributed by atoms with Crippen LogP contribution >= 0.6 is 0 Å². The Bertz CT molecular complexity index is 2490. The van der Waals surface area contributed by atoms with Crippen LogP contribution in [0.1, 0.15) is 0 Å². The van der Waals surface area contributed by atoms with Crippen LogP contribution in [0.2, 0.25) is 0 Å². The van der Waals surface area contributed by atoms with E-state index in [0.717, 1.165) is 77.7 Å². The van der Waals surface area contributed by atoms with Crippen LogP contribution in [0.25, 0.3) is 83.6 Å². The van der Waals surface area contributed by atoms with Gasteiger partial charge in [0.1, 0.15) is 5.52 Å². The third-order valence-corrected chi connectivity index (χ3v) is 8.47. The number of aromatic nitrogens is 5. The van der Waals surface area contributed by atoms with Crippen molar-refractivity contribution < 1.29 is 4.42 Å². The van der Waals surface area contributed by atoms with Crippen LogP contribution in [-0.2, 0) is 0 Å². The largest absolute Gasteiger partial charge is 0.436 e. The number of benzene rings is 4. The number of para-hydroxylation sites is 2. The lowest BCUT2D eigenvalue weighted by Gasteiger charge is -2.16. The standard InChI is InChI=1S/C40H25N5O/c1-2-11-39-35(10-1)44-40(46-39)28-13-16-32-33-21-26(29-7-5-18-41-24-29)14-17-36(33)45(38(32)23-28)37-22-27(34-9-3-4-20-43-34)12-15-31(37)30-8-6-19-42-25-30/h1-25H. The van der Waals surface area contributed by atoms with Gasteiger partial charge in [0.25, 0.3) is 0 Å². The van der Waals surface area contributed by atoms with E-state index in [0.29, 0.717) is 5.89 Å². The molecule has 0 fully saturated rings. The molecule has 4 aromatic carbocycles. The molecule has 9 rings (SSSR count). The molecule has 0 bridgehead atoms. The summed E-state index contributed by atoms with van der Waals surface area (Å²) in [6.07, 6.45) is 9.26. The first kappa shape index (κ1) is 26.0. The summed E-state index contributed by atoms with van der Waals surface area (Å²) in [4.78, 5) is 18.3. The summed E-state index contributed by atoms with van der Waals surface area (Å²) in [5.41, 5.74) is 11.9. The number of pyridine rings is 3. The van der Waals surface area contributed by atoms with Gasteiger partial charge in [-0.05, 0) is 72.3 Å². The van der Waals surface area contributed by atoms with Gasteiger partial charge >= 0.3 is 0 Å². The molecule has 216 valence electrons. The van der Waals surface area contributed by atoms with Gasteiger partial charge in [-0.3, -0.25) is 15.0 Å². The van der Waals surface area contributed by atoms with E-state index in [1.54, 1.807) is 12.4 Å². The normalized spacial score (nSPS) is 11.5. The average Bonchev–Trinajstić information content (AvgIpc) is 3.71. The Hall–Kier alpha value is -6.40. The van der Waals surface area contributed by atoms with Crippen molar-refractivity contribution in [2.24, 2.45) is 0 Å². The van der Waals surface area contributed by atoms with Gasteiger partial charge in [-0.15, -0.1) is 0 Å². The van der Waals surface area contributed by atoms with Gasteiger partial charge in [-0.1, -0.05) is 54.6 Å². The molecule has 0 radical (unpaired) electrons. The second-order valence-corrected chi connectivity index (χ2v) is 11.2. The number of hydrogen-bond donors (Lipinski definition) is 0. The third-order valence-electron chi connectivity index (χ3n) is 8.47. The fourth-order valence-electron chi connectivity index (χ4n) is 6.30. The lowest BCUT2D eigenvalue weighted by atomic mass is 10.0. The smallest absolute Gasteiger partial charge is 0.227 e. The van der Waals surface area contributed by atoms with Crippen molar-refractivity contribution in [3.05, 3.63) is 152 Å². The lowest BCUT2D eigenvalue weighted by molar-refractivity contribution is 0.620. The molecular formula is C40H25N5O. The highest BCUT2D eigenvalue weighted by atomic mass is 16.3. The summed E-state index contributed by atoms with van der Waals surface area (Å²) < 4.78 is 8.57. The van der Waals surface area contributed by atoms with Crippen molar-refractivity contribution >= 4 is 32.9 Å². The van der Waals surface area contributed by atoms with Gasteiger partial charge in [0.15, 0.2) is 5.58 Å². The number of fused-ring (bicyclic) bond motifs is 4. The molecular weight excluding hydrogens is 566 g/mol. The van der Waals surface area contributed by atoms with Gasteiger partial charge < -0.3 is 8.98 Å². The maximum atomic E-state index is 6.23. The molecule has 0 saturated carbocycles. The van der Waals surface area contributed by atoms with E-state index < -0.39 is 0 Å². The van der Waals surface area contributed by atoms with Crippen LogP contribution in [0.15, 0.2) is 157 Å². The monoisotopic (exact) mass is 591 g/mol. The van der Waals surface area contributed by atoms with E-state index in [1.165, 1.54) is 0 Å². The Morgan fingerprint density at radius 2 is 1.33 bits per heavy atom. The Morgan fingerprint density at radius 3 is 2.13 bits per heavy atom. The van der Waals surface area contributed by atoms with E-state index in [4.69, 9.17) is 9.40 Å². The van der Waals surface area contributed by atoms with Crippen molar-refractivity contribution in [3.63, 3.8) is 0 Å². The second kappa shape index (κ2) is 10.6. The van der Waals surface area contributed by atoms with Crippen LogP contribution in [0.5, 0.6) is 0 Å². The Balaban J connectivity index is 1.36. The summed E-state index contributed by atoms with van der Waals surface area (Å²) in [5.74, 6) is 0.589. The maximum Gasteiger partial charge on any atom is 0.227 e.